The number of pyridine rings is 1. The van der Waals surface area contributed by atoms with Gasteiger partial charge in [-0.25, -0.2) is 13.4 Å². The monoisotopic (exact) mass is 353 g/mol. The van der Waals surface area contributed by atoms with Crippen LogP contribution < -0.4 is 5.32 Å². The first kappa shape index (κ1) is 16.0. The molecule has 3 aromatic heterocycles. The highest BCUT2D eigenvalue weighted by Gasteiger charge is 2.17. The van der Waals surface area contributed by atoms with Gasteiger partial charge in [0.15, 0.2) is 9.84 Å². The number of sulfone groups is 1. The van der Waals surface area contributed by atoms with E-state index in [1.54, 1.807) is 24.0 Å². The SMILES string of the molecule is Cn1ncc(S(C)(=O)=O)c1CNCc1cn2cc(Cl)ccc2n1. The minimum atomic E-state index is -3.29. The van der Waals surface area contributed by atoms with E-state index in [0.29, 0.717) is 23.8 Å². The number of aromatic nitrogens is 4. The van der Waals surface area contributed by atoms with E-state index in [0.717, 1.165) is 11.3 Å². The normalized spacial score (nSPS) is 12.1. The van der Waals surface area contributed by atoms with Crippen LogP contribution in [-0.4, -0.2) is 33.8 Å². The molecule has 0 atom stereocenters. The predicted octanol–water partition coefficient (Wildman–Crippen LogP) is 1.41. The van der Waals surface area contributed by atoms with Crippen molar-refractivity contribution in [3.8, 4) is 0 Å². The highest BCUT2D eigenvalue weighted by Crippen LogP contribution is 2.15. The second kappa shape index (κ2) is 5.95. The van der Waals surface area contributed by atoms with E-state index in [9.17, 15) is 8.42 Å². The summed E-state index contributed by atoms with van der Waals surface area (Å²) in [7, 11) is -1.57. The Morgan fingerprint density at radius 2 is 2.04 bits per heavy atom. The van der Waals surface area contributed by atoms with Crippen LogP contribution in [0.1, 0.15) is 11.4 Å². The van der Waals surface area contributed by atoms with Gasteiger partial charge in [0.25, 0.3) is 0 Å². The molecule has 0 fully saturated rings. The summed E-state index contributed by atoms with van der Waals surface area (Å²) in [6.07, 6.45) is 6.23. The highest BCUT2D eigenvalue weighted by atomic mass is 35.5. The molecule has 3 heterocycles. The van der Waals surface area contributed by atoms with Crippen LogP contribution in [0.15, 0.2) is 35.6 Å². The smallest absolute Gasteiger partial charge is 0.178 e. The minimum absolute atomic E-state index is 0.245. The maximum Gasteiger partial charge on any atom is 0.178 e. The van der Waals surface area contributed by atoms with Crippen molar-refractivity contribution in [1.82, 2.24) is 24.5 Å². The van der Waals surface area contributed by atoms with Gasteiger partial charge < -0.3 is 9.72 Å². The predicted molar refractivity (Wildman–Crippen MR) is 87.1 cm³/mol. The lowest BCUT2D eigenvalue weighted by Gasteiger charge is -2.06. The Morgan fingerprint density at radius 3 is 2.78 bits per heavy atom. The van der Waals surface area contributed by atoms with Crippen LogP contribution in [0.2, 0.25) is 5.02 Å². The summed E-state index contributed by atoms with van der Waals surface area (Å²) in [5, 5.41) is 7.86. The molecule has 0 aromatic carbocycles. The van der Waals surface area contributed by atoms with Gasteiger partial charge in [-0.1, -0.05) is 11.6 Å². The summed E-state index contributed by atoms with van der Waals surface area (Å²) in [5.41, 5.74) is 2.28. The lowest BCUT2D eigenvalue weighted by molar-refractivity contribution is 0.590. The quantitative estimate of drug-likeness (QED) is 0.750. The molecule has 0 amide bonds. The van der Waals surface area contributed by atoms with Crippen molar-refractivity contribution < 1.29 is 8.42 Å². The number of hydrogen-bond acceptors (Lipinski definition) is 5. The van der Waals surface area contributed by atoms with E-state index in [1.807, 2.05) is 16.7 Å². The molecule has 0 saturated heterocycles. The molecular formula is C14H16ClN5O2S. The molecule has 3 rings (SSSR count). The van der Waals surface area contributed by atoms with Crippen molar-refractivity contribution in [2.45, 2.75) is 18.0 Å². The molecule has 23 heavy (non-hydrogen) atoms. The molecule has 3 aromatic rings. The lowest BCUT2D eigenvalue weighted by atomic mass is 10.4. The van der Waals surface area contributed by atoms with Crippen LogP contribution in [0.25, 0.3) is 5.65 Å². The Labute approximate surface area is 138 Å². The summed E-state index contributed by atoms with van der Waals surface area (Å²) in [6.45, 7) is 0.890. The van der Waals surface area contributed by atoms with Crippen LogP contribution in [0, 0.1) is 0 Å². The fourth-order valence-corrected chi connectivity index (χ4v) is 3.40. The number of aryl methyl sites for hydroxylation is 1. The first-order valence-corrected chi connectivity index (χ1v) is 9.16. The zero-order valence-corrected chi connectivity index (χ0v) is 14.3. The molecule has 0 spiro atoms. The summed E-state index contributed by atoms with van der Waals surface area (Å²) in [6, 6.07) is 3.63. The molecular weight excluding hydrogens is 338 g/mol. The Balaban J connectivity index is 1.73. The number of halogens is 1. The van der Waals surface area contributed by atoms with Crippen molar-refractivity contribution in [3.05, 3.63) is 47.1 Å². The highest BCUT2D eigenvalue weighted by molar-refractivity contribution is 7.90. The standard InChI is InChI=1S/C14H16ClN5O2S/c1-19-12(13(7-17-19)23(2,21)22)6-16-5-11-9-20-8-10(15)3-4-14(20)18-11/h3-4,7-9,16H,5-6H2,1-2H3. The van der Waals surface area contributed by atoms with Crippen molar-refractivity contribution in [1.29, 1.82) is 0 Å². The molecule has 0 radical (unpaired) electrons. The number of imidazole rings is 1. The minimum Gasteiger partial charge on any atom is -0.305 e. The maximum atomic E-state index is 11.7. The van der Waals surface area contributed by atoms with E-state index in [1.165, 1.54) is 12.5 Å². The Hall–Kier alpha value is -1.90. The fourth-order valence-electron chi connectivity index (χ4n) is 2.37. The largest absolute Gasteiger partial charge is 0.305 e. The van der Waals surface area contributed by atoms with Crippen molar-refractivity contribution >= 4 is 27.1 Å². The Kier molecular flexibility index (Phi) is 4.13. The van der Waals surface area contributed by atoms with Gasteiger partial charge in [0.05, 0.1) is 22.6 Å². The van der Waals surface area contributed by atoms with Gasteiger partial charge in [-0.3, -0.25) is 4.68 Å². The second-order valence-corrected chi connectivity index (χ2v) is 7.72. The lowest BCUT2D eigenvalue weighted by Crippen LogP contribution is -2.17. The van der Waals surface area contributed by atoms with Crippen LogP contribution in [0.5, 0.6) is 0 Å². The van der Waals surface area contributed by atoms with Crippen LogP contribution in [0.4, 0.5) is 0 Å². The second-order valence-electron chi connectivity index (χ2n) is 5.30. The Morgan fingerprint density at radius 1 is 1.26 bits per heavy atom. The maximum absolute atomic E-state index is 11.7. The van der Waals surface area contributed by atoms with Crippen molar-refractivity contribution in [2.24, 2.45) is 7.05 Å². The van der Waals surface area contributed by atoms with Gasteiger partial charge in [-0.05, 0) is 12.1 Å². The zero-order valence-electron chi connectivity index (χ0n) is 12.7. The third kappa shape index (κ3) is 3.39. The van der Waals surface area contributed by atoms with Crippen molar-refractivity contribution in [2.75, 3.05) is 6.26 Å². The van der Waals surface area contributed by atoms with Gasteiger partial charge in [-0.2, -0.15) is 5.10 Å². The van der Waals surface area contributed by atoms with Crippen molar-refractivity contribution in [3.63, 3.8) is 0 Å². The molecule has 0 aliphatic carbocycles. The Bertz CT molecular complexity index is 961. The molecule has 0 saturated carbocycles. The van der Waals surface area contributed by atoms with Gasteiger partial charge in [0.1, 0.15) is 10.5 Å². The molecule has 122 valence electrons. The number of rotatable bonds is 5. The van der Waals surface area contributed by atoms with E-state index in [4.69, 9.17) is 11.6 Å². The van der Waals surface area contributed by atoms with Crippen LogP contribution in [0.3, 0.4) is 0 Å². The average molecular weight is 354 g/mol. The molecule has 0 aliphatic rings. The van der Waals surface area contributed by atoms with Gasteiger partial charge in [0, 0.05) is 38.8 Å². The first-order chi connectivity index (χ1) is 10.8. The average Bonchev–Trinajstić information content (AvgIpc) is 3.02. The van der Waals surface area contributed by atoms with Gasteiger partial charge in [-0.15, -0.1) is 0 Å². The first-order valence-electron chi connectivity index (χ1n) is 6.89. The van der Waals surface area contributed by atoms with E-state index in [-0.39, 0.29) is 4.90 Å². The number of hydrogen-bond donors (Lipinski definition) is 1. The number of nitrogens with one attached hydrogen (secondary N) is 1. The van der Waals surface area contributed by atoms with E-state index in [2.05, 4.69) is 15.4 Å². The van der Waals surface area contributed by atoms with E-state index >= 15 is 0 Å². The van der Waals surface area contributed by atoms with E-state index < -0.39 is 9.84 Å². The third-order valence-electron chi connectivity index (χ3n) is 3.49. The summed E-state index contributed by atoms with van der Waals surface area (Å²) in [4.78, 5) is 4.71. The molecule has 7 nitrogen and oxygen atoms in total. The topological polar surface area (TPSA) is 81.3 Å². The summed E-state index contributed by atoms with van der Waals surface area (Å²) >= 11 is 5.95. The third-order valence-corrected chi connectivity index (χ3v) is 4.85. The summed E-state index contributed by atoms with van der Waals surface area (Å²) in [5.74, 6) is 0. The van der Waals surface area contributed by atoms with Crippen LogP contribution in [-0.2, 0) is 30.0 Å². The molecule has 0 unspecified atom stereocenters. The zero-order chi connectivity index (χ0) is 16.6. The number of nitrogens with zero attached hydrogens (tertiary/aromatic N) is 4. The van der Waals surface area contributed by atoms with Gasteiger partial charge >= 0.3 is 0 Å². The van der Waals surface area contributed by atoms with Gasteiger partial charge in [0.2, 0.25) is 0 Å². The molecule has 0 bridgehead atoms. The molecule has 1 N–H and O–H groups in total. The number of fused-ring (bicyclic) bond motifs is 1. The fraction of sp³-hybridized carbons (Fsp3) is 0.286. The summed E-state index contributed by atoms with van der Waals surface area (Å²) < 4.78 is 26.9. The molecule has 0 aliphatic heterocycles. The van der Waals surface area contributed by atoms with Crippen LogP contribution >= 0.6 is 11.6 Å². The molecule has 9 heteroatoms.